The summed E-state index contributed by atoms with van der Waals surface area (Å²) in [6.07, 6.45) is 7.08. The summed E-state index contributed by atoms with van der Waals surface area (Å²) in [5.74, 6) is 3.37. The summed E-state index contributed by atoms with van der Waals surface area (Å²) in [6, 6.07) is 52.4. The molecule has 0 aliphatic heterocycles. The lowest BCUT2D eigenvalue weighted by atomic mass is 9.43. The summed E-state index contributed by atoms with van der Waals surface area (Å²) < 4.78 is 0. The van der Waals surface area contributed by atoms with Crippen LogP contribution in [-0.2, 0) is 5.41 Å². The van der Waals surface area contributed by atoms with E-state index in [-0.39, 0.29) is 5.41 Å². The topological polar surface area (TPSA) is 3.24 Å². The van der Waals surface area contributed by atoms with E-state index in [1.54, 1.807) is 11.1 Å². The Morgan fingerprint density at radius 3 is 1.96 bits per heavy atom. The first-order chi connectivity index (χ1) is 22.3. The Bertz CT molecular complexity index is 2060. The molecule has 0 radical (unpaired) electrons. The van der Waals surface area contributed by atoms with E-state index in [1.165, 1.54) is 82.2 Å². The van der Waals surface area contributed by atoms with E-state index in [1.807, 2.05) is 0 Å². The van der Waals surface area contributed by atoms with Crippen molar-refractivity contribution in [2.45, 2.75) is 37.5 Å². The van der Waals surface area contributed by atoms with Crippen LogP contribution < -0.4 is 4.90 Å². The number of hydrogen-bond donors (Lipinski definition) is 0. The Labute approximate surface area is 266 Å². The average molecular weight is 580 g/mol. The average Bonchev–Trinajstić information content (AvgIpc) is 3.38. The molecule has 0 unspecified atom stereocenters. The number of nitrogens with zero attached hydrogens (tertiary/aromatic N) is 1. The highest BCUT2D eigenvalue weighted by atomic mass is 15.1. The summed E-state index contributed by atoms with van der Waals surface area (Å²) in [6.45, 7) is 0. The molecule has 4 saturated carbocycles. The van der Waals surface area contributed by atoms with Crippen molar-refractivity contribution >= 4 is 27.8 Å². The van der Waals surface area contributed by atoms with Crippen LogP contribution >= 0.6 is 0 Å². The van der Waals surface area contributed by atoms with Crippen molar-refractivity contribution in [2.24, 2.45) is 23.7 Å². The Morgan fingerprint density at radius 2 is 1.11 bits per heavy atom. The molecule has 11 rings (SSSR count). The van der Waals surface area contributed by atoms with Crippen molar-refractivity contribution < 1.29 is 0 Å². The van der Waals surface area contributed by atoms with Gasteiger partial charge in [-0.15, -0.1) is 0 Å². The summed E-state index contributed by atoms with van der Waals surface area (Å²) >= 11 is 0. The molecule has 4 fully saturated rings. The maximum Gasteiger partial charge on any atom is 0.0540 e. The van der Waals surface area contributed by atoms with E-state index < -0.39 is 0 Å². The van der Waals surface area contributed by atoms with Gasteiger partial charge in [-0.3, -0.25) is 0 Å². The van der Waals surface area contributed by atoms with Crippen molar-refractivity contribution in [3.63, 3.8) is 0 Å². The van der Waals surface area contributed by atoms with Crippen LogP contribution in [-0.4, -0.2) is 0 Å². The van der Waals surface area contributed by atoms with Gasteiger partial charge >= 0.3 is 0 Å². The molecule has 0 aromatic heterocycles. The first kappa shape index (κ1) is 25.7. The van der Waals surface area contributed by atoms with Gasteiger partial charge in [0.25, 0.3) is 0 Å². The highest BCUT2D eigenvalue weighted by molar-refractivity contribution is 5.99. The Hall–Kier alpha value is -4.62. The van der Waals surface area contributed by atoms with Crippen LogP contribution in [0.1, 0.15) is 43.2 Å². The van der Waals surface area contributed by atoms with E-state index in [0.717, 1.165) is 23.7 Å². The molecule has 0 heterocycles. The molecule has 218 valence electrons. The minimum absolute atomic E-state index is 0.145. The van der Waals surface area contributed by atoms with Gasteiger partial charge in [-0.1, -0.05) is 109 Å². The van der Waals surface area contributed by atoms with Gasteiger partial charge in [0.15, 0.2) is 0 Å². The lowest BCUT2D eigenvalue weighted by molar-refractivity contribution is -0.0399. The van der Waals surface area contributed by atoms with Crippen LogP contribution in [0.25, 0.3) is 33.0 Å². The fraction of sp³-hybridized carbons (Fsp3) is 0.227. The molecular weight excluding hydrogens is 542 g/mol. The van der Waals surface area contributed by atoms with Gasteiger partial charge in [0, 0.05) is 22.2 Å². The number of benzene rings is 6. The monoisotopic (exact) mass is 579 g/mol. The third kappa shape index (κ3) is 3.67. The van der Waals surface area contributed by atoms with Crippen LogP contribution in [0, 0.1) is 23.7 Å². The largest absolute Gasteiger partial charge is 0.310 e. The highest BCUT2D eigenvalue weighted by Gasteiger charge is 2.61. The zero-order valence-corrected chi connectivity index (χ0v) is 25.6. The predicted octanol–water partition coefficient (Wildman–Crippen LogP) is 11.7. The van der Waals surface area contributed by atoms with Crippen LogP contribution in [0.15, 0.2) is 140 Å². The molecule has 45 heavy (non-hydrogen) atoms. The molecule has 0 atom stereocenters. The van der Waals surface area contributed by atoms with Crippen LogP contribution in [0.2, 0.25) is 0 Å². The number of rotatable bonds is 4. The van der Waals surface area contributed by atoms with Crippen molar-refractivity contribution in [3.8, 4) is 22.3 Å². The van der Waals surface area contributed by atoms with Gasteiger partial charge in [-0.2, -0.15) is 0 Å². The summed E-state index contributed by atoms with van der Waals surface area (Å²) in [5.41, 5.74) is 12.5. The molecule has 0 N–H and O–H groups in total. The van der Waals surface area contributed by atoms with E-state index in [0.29, 0.717) is 0 Å². The molecular formula is C44H37N. The lowest BCUT2D eigenvalue weighted by Crippen LogP contribution is -2.55. The van der Waals surface area contributed by atoms with Gasteiger partial charge in [0.05, 0.1) is 5.69 Å². The molecule has 1 heteroatoms. The lowest BCUT2D eigenvalue weighted by Gasteiger charge is -2.61. The van der Waals surface area contributed by atoms with Crippen molar-refractivity contribution in [2.75, 3.05) is 4.90 Å². The van der Waals surface area contributed by atoms with Gasteiger partial charge in [-0.05, 0) is 125 Å². The number of hydrogen-bond acceptors (Lipinski definition) is 1. The van der Waals surface area contributed by atoms with Gasteiger partial charge in [0.2, 0.25) is 0 Å². The number of anilines is 3. The smallest absolute Gasteiger partial charge is 0.0540 e. The third-order valence-electron chi connectivity index (χ3n) is 12.0. The SMILES string of the molecule is c1ccc(-c2cccc(N(c3ccc4c(c3)C3(c5ccccc5-4)C4CC5CC(C4)CC3C5)c3cccc4ccccc34)c2)cc1. The second-order valence-electron chi connectivity index (χ2n) is 14.2. The molecule has 5 aliphatic rings. The zero-order chi connectivity index (χ0) is 29.5. The molecule has 6 aromatic carbocycles. The number of fused-ring (bicyclic) bond motifs is 4. The van der Waals surface area contributed by atoms with Crippen LogP contribution in [0.3, 0.4) is 0 Å². The highest BCUT2D eigenvalue weighted by Crippen LogP contribution is 2.69. The summed E-state index contributed by atoms with van der Waals surface area (Å²) in [4.78, 5) is 2.53. The van der Waals surface area contributed by atoms with Crippen molar-refractivity contribution in [1.29, 1.82) is 0 Å². The maximum absolute atomic E-state index is 2.62. The Kier molecular flexibility index (Phi) is 5.53. The molecule has 0 amide bonds. The van der Waals surface area contributed by atoms with Gasteiger partial charge < -0.3 is 4.90 Å². The maximum atomic E-state index is 2.62. The summed E-state index contributed by atoms with van der Waals surface area (Å²) in [5, 5.41) is 2.54. The minimum atomic E-state index is 0.145. The van der Waals surface area contributed by atoms with Gasteiger partial charge in [-0.25, -0.2) is 0 Å². The van der Waals surface area contributed by atoms with E-state index in [4.69, 9.17) is 0 Å². The Morgan fingerprint density at radius 1 is 0.467 bits per heavy atom. The third-order valence-corrected chi connectivity index (χ3v) is 12.0. The second-order valence-corrected chi connectivity index (χ2v) is 14.2. The van der Waals surface area contributed by atoms with E-state index in [2.05, 4.69) is 144 Å². The standard InChI is InChI=1S/C44H37N/c1-2-10-31(11-3-1)33-14-8-15-36(27-33)45(43-19-9-13-32-12-4-5-16-38(32)43)37-20-21-40-39-17-6-7-18-41(39)44(42(40)28-37)34-23-29-22-30(25-34)26-35(44)24-29/h1-21,27-30,34-35H,22-26H2. The molecule has 1 nitrogen and oxygen atoms in total. The molecule has 0 saturated heterocycles. The quantitative estimate of drug-likeness (QED) is 0.201. The first-order valence-electron chi connectivity index (χ1n) is 16.9. The normalized spacial score (nSPS) is 25.4. The van der Waals surface area contributed by atoms with E-state index in [9.17, 15) is 0 Å². The van der Waals surface area contributed by atoms with Crippen LogP contribution in [0.4, 0.5) is 17.1 Å². The Balaban J connectivity index is 1.21. The molecule has 1 spiro atoms. The second kappa shape index (κ2) is 9.69. The molecule has 5 aliphatic carbocycles. The first-order valence-corrected chi connectivity index (χ1v) is 16.9. The fourth-order valence-corrected chi connectivity index (χ4v) is 10.6. The van der Waals surface area contributed by atoms with Gasteiger partial charge in [0.1, 0.15) is 0 Å². The fourth-order valence-electron chi connectivity index (χ4n) is 10.6. The predicted molar refractivity (Wildman–Crippen MR) is 187 cm³/mol. The molecule has 6 aromatic rings. The van der Waals surface area contributed by atoms with Crippen molar-refractivity contribution in [1.82, 2.24) is 0 Å². The molecule has 4 bridgehead atoms. The van der Waals surface area contributed by atoms with Crippen LogP contribution in [0.5, 0.6) is 0 Å². The van der Waals surface area contributed by atoms with Crippen molar-refractivity contribution in [3.05, 3.63) is 151 Å². The summed E-state index contributed by atoms with van der Waals surface area (Å²) in [7, 11) is 0. The minimum Gasteiger partial charge on any atom is -0.310 e. The zero-order valence-electron chi connectivity index (χ0n) is 25.6. The van der Waals surface area contributed by atoms with E-state index >= 15 is 0 Å².